The maximum atomic E-state index is 11.7. The summed E-state index contributed by atoms with van der Waals surface area (Å²) in [5.74, 6) is -0.941. The minimum absolute atomic E-state index is 0.0448. The lowest BCUT2D eigenvalue weighted by Gasteiger charge is -2.21. The molecule has 0 radical (unpaired) electrons. The largest absolute Gasteiger partial charge is 0.481 e. The molecule has 0 aliphatic carbocycles. The van der Waals surface area contributed by atoms with Crippen molar-refractivity contribution in [3.63, 3.8) is 0 Å². The maximum Gasteiger partial charge on any atom is 0.305 e. The molecule has 0 aromatic rings. The minimum Gasteiger partial charge on any atom is -0.481 e. The van der Waals surface area contributed by atoms with Crippen molar-refractivity contribution >= 4 is 11.9 Å². The monoisotopic (exact) mass is 223 g/mol. The lowest BCUT2D eigenvalue weighted by Crippen LogP contribution is -2.35. The Balaban J connectivity index is 2.57. The third kappa shape index (κ3) is 3.53. The van der Waals surface area contributed by atoms with Gasteiger partial charge in [-0.05, 0) is 19.8 Å². The number of carboxylic acids is 1. The van der Waals surface area contributed by atoms with Crippen LogP contribution in [0.2, 0.25) is 0 Å². The van der Waals surface area contributed by atoms with Gasteiger partial charge in [-0.15, -0.1) is 0 Å². The molecule has 0 aromatic heterocycles. The molecule has 1 heterocycles. The summed E-state index contributed by atoms with van der Waals surface area (Å²) >= 11 is 0. The predicted octanol–water partition coefficient (Wildman–Crippen LogP) is 1.58. The van der Waals surface area contributed by atoms with Crippen LogP contribution in [0.1, 0.15) is 26.2 Å². The molecular weight excluding hydrogens is 206 g/mol. The Morgan fingerprint density at radius 3 is 2.81 bits per heavy atom. The number of hydrogen-bond acceptors (Lipinski definition) is 2. The van der Waals surface area contributed by atoms with E-state index in [-0.39, 0.29) is 18.4 Å². The summed E-state index contributed by atoms with van der Waals surface area (Å²) in [6, 6.07) is -0.139. The van der Waals surface area contributed by atoms with Crippen molar-refractivity contribution in [3.05, 3.63) is 24.3 Å². The fourth-order valence-corrected chi connectivity index (χ4v) is 1.88. The summed E-state index contributed by atoms with van der Waals surface area (Å²) in [6.45, 7) is 2.54. The third-order valence-electron chi connectivity index (χ3n) is 2.61. The fourth-order valence-electron chi connectivity index (χ4n) is 1.88. The van der Waals surface area contributed by atoms with Crippen molar-refractivity contribution in [1.29, 1.82) is 0 Å². The van der Waals surface area contributed by atoms with Gasteiger partial charge in [0, 0.05) is 18.7 Å². The van der Waals surface area contributed by atoms with Gasteiger partial charge in [-0.25, -0.2) is 0 Å². The second-order valence-electron chi connectivity index (χ2n) is 3.81. The van der Waals surface area contributed by atoms with E-state index in [1.165, 1.54) is 6.08 Å². The molecule has 1 fully saturated rings. The van der Waals surface area contributed by atoms with Crippen LogP contribution in [-0.2, 0) is 9.59 Å². The molecule has 1 aliphatic rings. The minimum atomic E-state index is -0.845. The smallest absolute Gasteiger partial charge is 0.305 e. The summed E-state index contributed by atoms with van der Waals surface area (Å²) in [5.41, 5.74) is 0. The molecule has 0 spiro atoms. The van der Waals surface area contributed by atoms with Gasteiger partial charge in [0.2, 0.25) is 5.91 Å². The molecular formula is C12H17NO3. The topological polar surface area (TPSA) is 57.6 Å². The first-order valence-electron chi connectivity index (χ1n) is 5.47. The molecule has 4 nitrogen and oxygen atoms in total. The number of aliphatic carboxylic acids is 1. The average molecular weight is 223 g/mol. The highest BCUT2D eigenvalue weighted by Crippen LogP contribution is 2.20. The van der Waals surface area contributed by atoms with E-state index < -0.39 is 5.97 Å². The highest BCUT2D eigenvalue weighted by molar-refractivity contribution is 5.88. The van der Waals surface area contributed by atoms with Crippen LogP contribution in [0.15, 0.2) is 24.3 Å². The lowest BCUT2D eigenvalue weighted by molar-refractivity contribution is -0.139. The van der Waals surface area contributed by atoms with Crippen LogP contribution in [-0.4, -0.2) is 34.5 Å². The normalized spacial score (nSPS) is 21.1. The second kappa shape index (κ2) is 6.10. The van der Waals surface area contributed by atoms with Crippen molar-refractivity contribution in [2.45, 2.75) is 32.2 Å². The van der Waals surface area contributed by atoms with Crippen LogP contribution < -0.4 is 0 Å². The zero-order valence-electron chi connectivity index (χ0n) is 9.43. The van der Waals surface area contributed by atoms with Gasteiger partial charge in [0.05, 0.1) is 6.42 Å². The average Bonchev–Trinajstić information content (AvgIpc) is 2.65. The first-order chi connectivity index (χ1) is 7.65. The number of rotatable bonds is 4. The van der Waals surface area contributed by atoms with E-state index >= 15 is 0 Å². The Hall–Kier alpha value is -1.58. The van der Waals surface area contributed by atoms with Gasteiger partial charge < -0.3 is 10.0 Å². The van der Waals surface area contributed by atoms with E-state index in [0.29, 0.717) is 6.54 Å². The Bertz CT molecular complexity index is 320. The van der Waals surface area contributed by atoms with Crippen LogP contribution in [0.25, 0.3) is 0 Å². The number of allylic oxidation sites excluding steroid dienone is 3. The SMILES string of the molecule is C/C=C/C=C/C(=O)N1CCCC1CC(=O)O. The van der Waals surface area contributed by atoms with Gasteiger partial charge in [0.15, 0.2) is 0 Å². The molecule has 4 heteroatoms. The molecule has 1 rings (SSSR count). The molecule has 16 heavy (non-hydrogen) atoms. The predicted molar refractivity (Wildman–Crippen MR) is 60.9 cm³/mol. The van der Waals surface area contributed by atoms with Crippen molar-refractivity contribution < 1.29 is 14.7 Å². The van der Waals surface area contributed by atoms with Crippen molar-refractivity contribution in [1.82, 2.24) is 4.90 Å². The molecule has 0 saturated carbocycles. The molecule has 1 N–H and O–H groups in total. The maximum absolute atomic E-state index is 11.7. The van der Waals surface area contributed by atoms with Crippen molar-refractivity contribution in [3.8, 4) is 0 Å². The van der Waals surface area contributed by atoms with Crippen molar-refractivity contribution in [2.75, 3.05) is 6.54 Å². The van der Waals surface area contributed by atoms with Gasteiger partial charge in [-0.3, -0.25) is 9.59 Å². The van der Waals surface area contributed by atoms with E-state index in [1.807, 2.05) is 13.0 Å². The fraction of sp³-hybridized carbons (Fsp3) is 0.500. The number of carbonyl (C=O) groups excluding carboxylic acids is 1. The van der Waals surface area contributed by atoms with Gasteiger partial charge in [0.25, 0.3) is 0 Å². The quantitative estimate of drug-likeness (QED) is 0.581. The summed E-state index contributed by atoms with van der Waals surface area (Å²) in [4.78, 5) is 24.0. The number of nitrogens with zero attached hydrogens (tertiary/aromatic N) is 1. The Morgan fingerprint density at radius 1 is 1.44 bits per heavy atom. The van der Waals surface area contributed by atoms with Crippen LogP contribution >= 0.6 is 0 Å². The Kier molecular flexibility index (Phi) is 4.76. The third-order valence-corrected chi connectivity index (χ3v) is 2.61. The number of amides is 1. The van der Waals surface area contributed by atoms with Gasteiger partial charge >= 0.3 is 5.97 Å². The molecule has 1 atom stereocenters. The van der Waals surface area contributed by atoms with E-state index in [0.717, 1.165) is 12.8 Å². The van der Waals surface area contributed by atoms with Crippen LogP contribution in [0.5, 0.6) is 0 Å². The van der Waals surface area contributed by atoms with Crippen LogP contribution in [0.4, 0.5) is 0 Å². The van der Waals surface area contributed by atoms with Crippen LogP contribution in [0.3, 0.4) is 0 Å². The number of likely N-dealkylation sites (tertiary alicyclic amines) is 1. The molecule has 88 valence electrons. The van der Waals surface area contributed by atoms with Gasteiger partial charge in [-0.2, -0.15) is 0 Å². The Labute approximate surface area is 95.2 Å². The molecule has 0 aromatic carbocycles. The van der Waals surface area contributed by atoms with E-state index in [4.69, 9.17) is 5.11 Å². The summed E-state index contributed by atoms with van der Waals surface area (Å²) in [5, 5.41) is 8.72. The van der Waals surface area contributed by atoms with E-state index in [9.17, 15) is 9.59 Å². The van der Waals surface area contributed by atoms with Gasteiger partial charge in [-0.1, -0.05) is 18.2 Å². The summed E-state index contributed by atoms with van der Waals surface area (Å²) in [7, 11) is 0. The van der Waals surface area contributed by atoms with E-state index in [1.54, 1.807) is 17.1 Å². The van der Waals surface area contributed by atoms with Crippen molar-refractivity contribution in [2.24, 2.45) is 0 Å². The molecule has 0 bridgehead atoms. The lowest BCUT2D eigenvalue weighted by atomic mass is 10.1. The zero-order valence-corrected chi connectivity index (χ0v) is 9.43. The standard InChI is InChI=1S/C12H17NO3/c1-2-3-4-7-11(14)13-8-5-6-10(13)9-12(15)16/h2-4,7,10H,5-6,8-9H2,1H3,(H,15,16)/b3-2+,7-4+. The van der Waals surface area contributed by atoms with E-state index in [2.05, 4.69) is 0 Å². The number of carbonyl (C=O) groups is 2. The second-order valence-corrected chi connectivity index (χ2v) is 3.81. The first kappa shape index (κ1) is 12.5. The number of carboxylic acid groups (broad SMARTS) is 1. The molecule has 1 amide bonds. The highest BCUT2D eigenvalue weighted by Gasteiger charge is 2.28. The number of hydrogen-bond donors (Lipinski definition) is 1. The molecule has 1 saturated heterocycles. The van der Waals surface area contributed by atoms with Gasteiger partial charge in [0.1, 0.15) is 0 Å². The summed E-state index contributed by atoms with van der Waals surface area (Å²) < 4.78 is 0. The highest BCUT2D eigenvalue weighted by atomic mass is 16.4. The summed E-state index contributed by atoms with van der Waals surface area (Å²) in [6.07, 6.45) is 8.50. The van der Waals surface area contributed by atoms with Crippen LogP contribution in [0, 0.1) is 0 Å². The first-order valence-corrected chi connectivity index (χ1v) is 5.47. The Morgan fingerprint density at radius 2 is 2.19 bits per heavy atom. The zero-order chi connectivity index (χ0) is 12.0. The molecule has 1 aliphatic heterocycles. The molecule has 1 unspecified atom stereocenters.